The fraction of sp³-hybridized carbons (Fsp3) is 0.308. The van der Waals surface area contributed by atoms with Gasteiger partial charge in [-0.3, -0.25) is 14.5 Å². The highest BCUT2D eigenvalue weighted by atomic mass is 19.4. The molecular weight excluding hydrogens is 285 g/mol. The number of nitrogens with zero attached hydrogens (tertiary/aromatic N) is 4. The number of alkyl halides is 3. The maximum absolute atomic E-state index is 12.9. The fourth-order valence-electron chi connectivity index (χ4n) is 1.87. The monoisotopic (exact) mass is 298 g/mol. The molecule has 0 aliphatic heterocycles. The smallest absolute Gasteiger partial charge is 0.336 e. The van der Waals surface area contributed by atoms with Crippen LogP contribution in [0.15, 0.2) is 30.6 Å². The quantitative estimate of drug-likeness (QED) is 0.872. The molecule has 2 aromatic heterocycles. The van der Waals surface area contributed by atoms with Crippen LogP contribution in [-0.4, -0.2) is 32.6 Å². The predicted octanol–water partition coefficient (Wildman–Crippen LogP) is 2.11. The van der Waals surface area contributed by atoms with E-state index < -0.39 is 23.3 Å². The molecule has 1 amide bonds. The van der Waals surface area contributed by atoms with Gasteiger partial charge in [-0.15, -0.1) is 0 Å². The van der Waals surface area contributed by atoms with Gasteiger partial charge in [-0.2, -0.15) is 18.3 Å². The molecule has 0 aliphatic rings. The average molecular weight is 298 g/mol. The molecule has 0 fully saturated rings. The molecule has 0 aromatic carbocycles. The summed E-state index contributed by atoms with van der Waals surface area (Å²) in [4.78, 5) is 17.4. The topological polar surface area (TPSA) is 51.0 Å². The van der Waals surface area contributed by atoms with E-state index in [0.29, 0.717) is 5.69 Å². The molecule has 2 rings (SSSR count). The highest BCUT2D eigenvalue weighted by Crippen LogP contribution is 2.31. The first-order chi connectivity index (χ1) is 9.79. The lowest BCUT2D eigenvalue weighted by atomic mass is 10.2. The van der Waals surface area contributed by atoms with E-state index in [-0.39, 0.29) is 6.54 Å². The standard InChI is InChI=1S/C13H13F3N4O/c1-19(7-9-5-3-4-6-17-9)12(21)10-8-20(2)18-11(10)13(14,15)16/h3-6,8H,7H2,1-2H3. The van der Waals surface area contributed by atoms with Crippen LogP contribution in [0.2, 0.25) is 0 Å². The molecule has 0 bridgehead atoms. The van der Waals surface area contributed by atoms with Crippen LogP contribution < -0.4 is 0 Å². The van der Waals surface area contributed by atoms with Crippen LogP contribution in [-0.2, 0) is 19.8 Å². The fourth-order valence-corrected chi connectivity index (χ4v) is 1.87. The summed E-state index contributed by atoms with van der Waals surface area (Å²) in [5, 5.41) is 3.32. The summed E-state index contributed by atoms with van der Waals surface area (Å²) in [7, 11) is 2.76. The lowest BCUT2D eigenvalue weighted by Gasteiger charge is -2.16. The molecule has 0 atom stereocenters. The molecule has 0 unspecified atom stereocenters. The number of hydrogen-bond acceptors (Lipinski definition) is 3. The molecular formula is C13H13F3N4O. The predicted molar refractivity (Wildman–Crippen MR) is 68.2 cm³/mol. The molecule has 0 aliphatic carbocycles. The van der Waals surface area contributed by atoms with Crippen LogP contribution in [0.25, 0.3) is 0 Å². The molecule has 0 N–H and O–H groups in total. The molecule has 0 saturated heterocycles. The van der Waals surface area contributed by atoms with Crippen molar-refractivity contribution in [1.29, 1.82) is 0 Å². The van der Waals surface area contributed by atoms with Crippen molar-refractivity contribution < 1.29 is 18.0 Å². The van der Waals surface area contributed by atoms with Gasteiger partial charge in [0.15, 0.2) is 5.69 Å². The van der Waals surface area contributed by atoms with Crippen LogP contribution in [0, 0.1) is 0 Å². The van der Waals surface area contributed by atoms with Crippen molar-refractivity contribution >= 4 is 5.91 Å². The number of rotatable bonds is 3. The third-order valence-electron chi connectivity index (χ3n) is 2.80. The Morgan fingerprint density at radius 3 is 2.67 bits per heavy atom. The third kappa shape index (κ3) is 3.39. The van der Waals surface area contributed by atoms with Crippen LogP contribution in [0.5, 0.6) is 0 Å². The maximum atomic E-state index is 12.9. The molecule has 21 heavy (non-hydrogen) atoms. The Hall–Kier alpha value is -2.38. The number of halogens is 3. The van der Waals surface area contributed by atoms with Gasteiger partial charge in [0.25, 0.3) is 5.91 Å². The van der Waals surface area contributed by atoms with Gasteiger partial charge >= 0.3 is 6.18 Å². The zero-order valence-corrected chi connectivity index (χ0v) is 11.4. The molecule has 0 saturated carbocycles. The van der Waals surface area contributed by atoms with Crippen molar-refractivity contribution in [3.8, 4) is 0 Å². The minimum Gasteiger partial charge on any atom is -0.336 e. The highest BCUT2D eigenvalue weighted by Gasteiger charge is 2.39. The van der Waals surface area contributed by atoms with E-state index in [1.54, 1.807) is 24.4 Å². The normalized spacial score (nSPS) is 11.5. The summed E-state index contributed by atoms with van der Waals surface area (Å²) < 4.78 is 39.5. The van der Waals surface area contributed by atoms with Crippen molar-refractivity contribution in [1.82, 2.24) is 19.7 Å². The van der Waals surface area contributed by atoms with E-state index in [1.807, 2.05) is 0 Å². The summed E-state index contributed by atoms with van der Waals surface area (Å²) in [6.07, 6.45) is -2.04. The van der Waals surface area contributed by atoms with E-state index in [2.05, 4.69) is 10.1 Å². The van der Waals surface area contributed by atoms with Crippen molar-refractivity contribution in [2.45, 2.75) is 12.7 Å². The van der Waals surface area contributed by atoms with Crippen molar-refractivity contribution in [2.24, 2.45) is 7.05 Å². The highest BCUT2D eigenvalue weighted by molar-refractivity contribution is 5.95. The van der Waals surface area contributed by atoms with Gasteiger partial charge in [0, 0.05) is 26.5 Å². The Bertz CT molecular complexity index is 637. The number of amides is 1. The third-order valence-corrected chi connectivity index (χ3v) is 2.80. The van der Waals surface area contributed by atoms with Gasteiger partial charge in [-0.1, -0.05) is 6.07 Å². The summed E-state index contributed by atoms with van der Waals surface area (Å²) in [6, 6.07) is 5.15. The summed E-state index contributed by atoms with van der Waals surface area (Å²) in [5.41, 5.74) is -1.06. The Kier molecular flexibility index (Phi) is 3.97. The lowest BCUT2D eigenvalue weighted by molar-refractivity contribution is -0.141. The van der Waals surface area contributed by atoms with Crippen LogP contribution in [0.4, 0.5) is 13.2 Å². The molecule has 112 valence electrons. The second kappa shape index (κ2) is 5.55. The number of hydrogen-bond donors (Lipinski definition) is 0. The number of pyridine rings is 1. The first-order valence-electron chi connectivity index (χ1n) is 6.05. The Balaban J connectivity index is 2.24. The van der Waals surface area contributed by atoms with E-state index in [0.717, 1.165) is 10.9 Å². The lowest BCUT2D eigenvalue weighted by Crippen LogP contribution is -2.28. The van der Waals surface area contributed by atoms with E-state index in [4.69, 9.17) is 0 Å². The second-order valence-corrected chi connectivity index (χ2v) is 4.55. The number of carbonyl (C=O) groups is 1. The number of aromatic nitrogens is 3. The van der Waals surface area contributed by atoms with Gasteiger partial charge in [-0.25, -0.2) is 0 Å². The zero-order valence-electron chi connectivity index (χ0n) is 11.4. The molecule has 5 nitrogen and oxygen atoms in total. The van der Waals surface area contributed by atoms with Crippen LogP contribution in [0.1, 0.15) is 21.7 Å². The molecule has 2 aromatic rings. The van der Waals surface area contributed by atoms with Gasteiger partial charge in [-0.05, 0) is 12.1 Å². The number of aryl methyl sites for hydroxylation is 1. The molecule has 0 radical (unpaired) electrons. The summed E-state index contributed by atoms with van der Waals surface area (Å²) in [5.74, 6) is -0.749. The summed E-state index contributed by atoms with van der Waals surface area (Å²) in [6.45, 7) is 0.117. The molecule has 2 heterocycles. The second-order valence-electron chi connectivity index (χ2n) is 4.55. The minimum absolute atomic E-state index is 0.117. The largest absolute Gasteiger partial charge is 0.435 e. The van der Waals surface area contributed by atoms with Crippen LogP contribution >= 0.6 is 0 Å². The molecule has 0 spiro atoms. The van der Waals surface area contributed by atoms with E-state index in [1.165, 1.54) is 19.0 Å². The van der Waals surface area contributed by atoms with Crippen LogP contribution in [0.3, 0.4) is 0 Å². The van der Waals surface area contributed by atoms with Gasteiger partial charge in [0.2, 0.25) is 0 Å². The Morgan fingerprint density at radius 2 is 2.10 bits per heavy atom. The summed E-state index contributed by atoms with van der Waals surface area (Å²) >= 11 is 0. The Labute approximate surface area is 119 Å². The van der Waals surface area contributed by atoms with E-state index in [9.17, 15) is 18.0 Å². The average Bonchev–Trinajstić information content (AvgIpc) is 2.81. The molecule has 8 heteroatoms. The zero-order chi connectivity index (χ0) is 15.6. The van der Waals surface area contributed by atoms with Crippen molar-refractivity contribution in [2.75, 3.05) is 7.05 Å². The van der Waals surface area contributed by atoms with Gasteiger partial charge in [0.1, 0.15) is 0 Å². The van der Waals surface area contributed by atoms with Crippen molar-refractivity contribution in [3.63, 3.8) is 0 Å². The number of carbonyl (C=O) groups excluding carboxylic acids is 1. The Morgan fingerprint density at radius 1 is 1.38 bits per heavy atom. The van der Waals surface area contributed by atoms with Gasteiger partial charge in [0.05, 0.1) is 17.8 Å². The maximum Gasteiger partial charge on any atom is 0.435 e. The first kappa shape index (κ1) is 15.0. The van der Waals surface area contributed by atoms with Gasteiger partial charge < -0.3 is 4.90 Å². The SMILES string of the molecule is CN(Cc1ccccn1)C(=O)c1cn(C)nc1C(F)(F)F. The van der Waals surface area contributed by atoms with Crippen molar-refractivity contribution in [3.05, 3.63) is 47.5 Å². The van der Waals surface area contributed by atoms with E-state index >= 15 is 0 Å². The minimum atomic E-state index is -4.67. The first-order valence-corrected chi connectivity index (χ1v) is 6.05.